The van der Waals surface area contributed by atoms with Gasteiger partial charge in [-0.1, -0.05) is 51.1 Å². The second-order valence-corrected chi connectivity index (χ2v) is 6.92. The Balaban J connectivity index is 1.75. The lowest BCUT2D eigenvalue weighted by atomic mass is 9.95. The number of amides is 1. The van der Waals surface area contributed by atoms with E-state index >= 15 is 0 Å². The van der Waals surface area contributed by atoms with Crippen LogP contribution < -0.4 is 0 Å². The first-order valence-electron chi connectivity index (χ1n) is 8.75. The lowest BCUT2D eigenvalue weighted by Crippen LogP contribution is -2.30. The summed E-state index contributed by atoms with van der Waals surface area (Å²) in [6.07, 6.45) is 3.58. The molecule has 2 heterocycles. The van der Waals surface area contributed by atoms with E-state index in [-0.39, 0.29) is 11.8 Å². The van der Waals surface area contributed by atoms with E-state index in [0.717, 1.165) is 35.5 Å². The van der Waals surface area contributed by atoms with E-state index < -0.39 is 0 Å². The highest BCUT2D eigenvalue weighted by Gasteiger charge is 2.30. The van der Waals surface area contributed by atoms with Crippen LogP contribution in [0.1, 0.15) is 55.8 Å². The summed E-state index contributed by atoms with van der Waals surface area (Å²) in [4.78, 5) is 24.0. The zero-order valence-electron chi connectivity index (χ0n) is 14.7. The molecule has 1 atom stereocenters. The predicted molar refractivity (Wildman–Crippen MR) is 94.3 cm³/mol. The Morgan fingerprint density at radius 3 is 2.62 bits per heavy atom. The van der Waals surface area contributed by atoms with E-state index in [1.807, 2.05) is 41.4 Å². The van der Waals surface area contributed by atoms with Crippen molar-refractivity contribution >= 4 is 5.91 Å². The summed E-state index contributed by atoms with van der Waals surface area (Å²) in [5.74, 6) is 1.52. The Morgan fingerprint density at radius 2 is 1.96 bits per heavy atom. The molecule has 2 aromatic rings. The standard InChI is InChI=1S/C20H25N3O/c1-4-17(15-8-6-5-7-9-15)20(24)23-12-16-11-21-19(10-14(2)3)22-18(16)13-23/h5-9,11,14,17H,4,10,12-13H2,1-3H3. The van der Waals surface area contributed by atoms with Gasteiger partial charge in [0, 0.05) is 24.7 Å². The van der Waals surface area contributed by atoms with E-state index in [1.54, 1.807) is 0 Å². The highest BCUT2D eigenvalue weighted by Crippen LogP contribution is 2.28. The van der Waals surface area contributed by atoms with Gasteiger partial charge in [-0.05, 0) is 17.9 Å². The topological polar surface area (TPSA) is 46.1 Å². The Kier molecular flexibility index (Phi) is 4.93. The zero-order valence-corrected chi connectivity index (χ0v) is 14.7. The molecule has 0 radical (unpaired) electrons. The number of hydrogen-bond donors (Lipinski definition) is 0. The normalized spacial score (nSPS) is 14.8. The van der Waals surface area contributed by atoms with Gasteiger partial charge in [0.25, 0.3) is 0 Å². The molecule has 1 aromatic carbocycles. The first-order chi connectivity index (χ1) is 11.6. The van der Waals surface area contributed by atoms with Gasteiger partial charge in [0.1, 0.15) is 5.82 Å². The Bertz CT molecular complexity index is 712. The van der Waals surface area contributed by atoms with Crippen LogP contribution in [0.25, 0.3) is 0 Å². The molecule has 0 saturated carbocycles. The van der Waals surface area contributed by atoms with Crippen molar-refractivity contribution in [3.05, 3.63) is 59.2 Å². The number of nitrogens with zero attached hydrogens (tertiary/aromatic N) is 3. The average molecular weight is 323 g/mol. The molecule has 0 fully saturated rings. The van der Waals surface area contributed by atoms with Crippen LogP contribution >= 0.6 is 0 Å². The van der Waals surface area contributed by atoms with Crippen molar-refractivity contribution < 1.29 is 4.79 Å². The number of benzene rings is 1. The van der Waals surface area contributed by atoms with Crippen molar-refractivity contribution in [1.82, 2.24) is 14.9 Å². The maximum Gasteiger partial charge on any atom is 0.230 e. The molecule has 1 unspecified atom stereocenters. The summed E-state index contributed by atoms with van der Waals surface area (Å²) in [5, 5.41) is 0. The van der Waals surface area contributed by atoms with Crippen molar-refractivity contribution in [2.24, 2.45) is 5.92 Å². The van der Waals surface area contributed by atoms with Crippen molar-refractivity contribution in [1.29, 1.82) is 0 Å². The number of hydrogen-bond acceptors (Lipinski definition) is 3. The van der Waals surface area contributed by atoms with Crippen LogP contribution in [0.4, 0.5) is 0 Å². The number of carbonyl (C=O) groups excluding carboxylic acids is 1. The van der Waals surface area contributed by atoms with Gasteiger partial charge in [0.2, 0.25) is 5.91 Å². The molecule has 0 saturated heterocycles. The van der Waals surface area contributed by atoms with Gasteiger partial charge in [-0.3, -0.25) is 4.79 Å². The summed E-state index contributed by atoms with van der Waals surface area (Å²) in [7, 11) is 0. The van der Waals surface area contributed by atoms with Crippen molar-refractivity contribution in [3.63, 3.8) is 0 Å². The molecule has 4 heteroatoms. The summed E-state index contributed by atoms with van der Waals surface area (Å²) in [6, 6.07) is 10.0. The van der Waals surface area contributed by atoms with Crippen LogP contribution in [0.3, 0.4) is 0 Å². The Hall–Kier alpha value is -2.23. The molecule has 126 valence electrons. The van der Waals surface area contributed by atoms with Crippen LogP contribution in [0.15, 0.2) is 36.5 Å². The Morgan fingerprint density at radius 1 is 1.21 bits per heavy atom. The van der Waals surface area contributed by atoms with Crippen molar-refractivity contribution in [3.8, 4) is 0 Å². The molecule has 3 rings (SSSR count). The third-order valence-corrected chi connectivity index (χ3v) is 4.52. The molecular formula is C20H25N3O. The summed E-state index contributed by atoms with van der Waals surface area (Å²) < 4.78 is 0. The van der Waals surface area contributed by atoms with Gasteiger partial charge in [-0.15, -0.1) is 0 Å². The number of aromatic nitrogens is 2. The first kappa shape index (κ1) is 16.6. The van der Waals surface area contributed by atoms with Gasteiger partial charge in [-0.2, -0.15) is 0 Å². The minimum Gasteiger partial charge on any atom is -0.332 e. The second-order valence-electron chi connectivity index (χ2n) is 6.92. The third kappa shape index (κ3) is 3.48. The molecule has 1 aromatic heterocycles. The third-order valence-electron chi connectivity index (χ3n) is 4.52. The lowest BCUT2D eigenvalue weighted by molar-refractivity contribution is -0.133. The average Bonchev–Trinajstić information content (AvgIpc) is 2.99. The molecule has 1 aliphatic rings. The predicted octanol–water partition coefficient (Wildman–Crippen LogP) is 3.71. The summed E-state index contributed by atoms with van der Waals surface area (Å²) >= 11 is 0. The Labute approximate surface area is 143 Å². The maximum atomic E-state index is 13.0. The van der Waals surface area contributed by atoms with Crippen molar-refractivity contribution in [2.75, 3.05) is 0 Å². The molecule has 24 heavy (non-hydrogen) atoms. The fourth-order valence-corrected chi connectivity index (χ4v) is 3.27. The molecule has 4 nitrogen and oxygen atoms in total. The molecule has 0 aliphatic carbocycles. The monoisotopic (exact) mass is 323 g/mol. The molecule has 0 N–H and O–H groups in total. The molecule has 1 aliphatic heterocycles. The van der Waals surface area contributed by atoms with Crippen LogP contribution in [0.5, 0.6) is 0 Å². The number of carbonyl (C=O) groups is 1. The van der Waals surface area contributed by atoms with Gasteiger partial charge in [0.05, 0.1) is 18.2 Å². The summed E-state index contributed by atoms with van der Waals surface area (Å²) in [5.41, 5.74) is 3.18. The van der Waals surface area contributed by atoms with Gasteiger partial charge < -0.3 is 4.90 Å². The number of fused-ring (bicyclic) bond motifs is 1. The van der Waals surface area contributed by atoms with E-state index in [2.05, 4.69) is 30.7 Å². The highest BCUT2D eigenvalue weighted by atomic mass is 16.2. The molecule has 0 bridgehead atoms. The van der Waals surface area contributed by atoms with E-state index in [1.165, 1.54) is 0 Å². The lowest BCUT2D eigenvalue weighted by Gasteiger charge is -2.22. The fourth-order valence-electron chi connectivity index (χ4n) is 3.27. The zero-order chi connectivity index (χ0) is 17.1. The van der Waals surface area contributed by atoms with Gasteiger partial charge >= 0.3 is 0 Å². The minimum absolute atomic E-state index is 0.0800. The van der Waals surface area contributed by atoms with Crippen LogP contribution in [-0.4, -0.2) is 20.8 Å². The fraction of sp³-hybridized carbons (Fsp3) is 0.450. The van der Waals surface area contributed by atoms with E-state index in [0.29, 0.717) is 19.0 Å². The van der Waals surface area contributed by atoms with Crippen LogP contribution in [-0.2, 0) is 24.3 Å². The van der Waals surface area contributed by atoms with E-state index in [9.17, 15) is 4.79 Å². The highest BCUT2D eigenvalue weighted by molar-refractivity contribution is 5.84. The van der Waals surface area contributed by atoms with Crippen LogP contribution in [0.2, 0.25) is 0 Å². The molecular weight excluding hydrogens is 298 g/mol. The van der Waals surface area contributed by atoms with Crippen LogP contribution in [0, 0.1) is 5.92 Å². The SMILES string of the molecule is CCC(C(=O)N1Cc2cnc(CC(C)C)nc2C1)c1ccccc1. The summed E-state index contributed by atoms with van der Waals surface area (Å²) in [6.45, 7) is 7.63. The van der Waals surface area contributed by atoms with Gasteiger partial charge in [-0.25, -0.2) is 9.97 Å². The quantitative estimate of drug-likeness (QED) is 0.842. The molecule has 1 amide bonds. The smallest absolute Gasteiger partial charge is 0.230 e. The minimum atomic E-state index is -0.0800. The van der Waals surface area contributed by atoms with E-state index in [4.69, 9.17) is 0 Å². The van der Waals surface area contributed by atoms with Crippen molar-refractivity contribution in [2.45, 2.75) is 52.6 Å². The molecule has 0 spiro atoms. The maximum absolute atomic E-state index is 13.0. The van der Waals surface area contributed by atoms with Gasteiger partial charge in [0.15, 0.2) is 0 Å². The number of rotatable bonds is 5. The second kappa shape index (κ2) is 7.12. The largest absolute Gasteiger partial charge is 0.332 e. The first-order valence-corrected chi connectivity index (χ1v) is 8.75.